The summed E-state index contributed by atoms with van der Waals surface area (Å²) >= 11 is 0. The van der Waals surface area contributed by atoms with Crippen LogP contribution in [0.25, 0.3) is 0 Å². The highest BCUT2D eigenvalue weighted by atomic mass is 16.3. The molecule has 4 unspecified atom stereocenters. The van der Waals surface area contributed by atoms with Gasteiger partial charge in [-0.2, -0.15) is 0 Å². The third kappa shape index (κ3) is 4.19. The van der Waals surface area contributed by atoms with Crippen molar-refractivity contribution in [2.75, 3.05) is 33.7 Å². The fraction of sp³-hybridized carbons (Fsp3) is 1.00. The van der Waals surface area contributed by atoms with Crippen molar-refractivity contribution in [3.63, 3.8) is 0 Å². The van der Waals surface area contributed by atoms with E-state index in [4.69, 9.17) is 0 Å². The standard InChI is InChI=1S/C17H34N2O/c1-13(2)14-7-8-17(20)15(10-14)11-19-9-5-6-16(12-19)18(3)4/h13-17,20H,5-12H2,1-4H3. The minimum absolute atomic E-state index is 0.0651. The molecule has 1 saturated heterocycles. The second-order valence-electron chi connectivity index (χ2n) is 7.66. The number of hydrogen-bond donors (Lipinski definition) is 1. The van der Waals surface area contributed by atoms with Gasteiger partial charge in [0.25, 0.3) is 0 Å². The summed E-state index contributed by atoms with van der Waals surface area (Å²) in [6.07, 6.45) is 6.02. The van der Waals surface area contributed by atoms with Gasteiger partial charge in [0.1, 0.15) is 0 Å². The molecule has 0 bridgehead atoms. The Labute approximate surface area is 125 Å². The summed E-state index contributed by atoms with van der Waals surface area (Å²) in [4.78, 5) is 4.96. The van der Waals surface area contributed by atoms with Gasteiger partial charge in [-0.05, 0) is 70.5 Å². The lowest BCUT2D eigenvalue weighted by atomic mass is 9.74. The summed E-state index contributed by atoms with van der Waals surface area (Å²) in [7, 11) is 4.39. The Bertz CT molecular complexity index is 293. The normalized spacial score (nSPS) is 36.8. The summed E-state index contributed by atoms with van der Waals surface area (Å²) in [6, 6.07) is 0.699. The maximum Gasteiger partial charge on any atom is 0.0580 e. The number of hydrogen-bond acceptors (Lipinski definition) is 3. The van der Waals surface area contributed by atoms with E-state index in [1.165, 1.54) is 38.8 Å². The highest BCUT2D eigenvalue weighted by Gasteiger charge is 2.33. The number of likely N-dealkylation sites (N-methyl/N-ethyl adjacent to an activating group) is 1. The van der Waals surface area contributed by atoms with Gasteiger partial charge in [-0.3, -0.25) is 0 Å². The summed E-state index contributed by atoms with van der Waals surface area (Å²) in [6.45, 7) is 8.18. The van der Waals surface area contributed by atoms with Crippen molar-refractivity contribution in [3.8, 4) is 0 Å². The molecule has 0 amide bonds. The third-order valence-corrected chi connectivity index (χ3v) is 5.63. The highest BCUT2D eigenvalue weighted by Crippen LogP contribution is 2.34. The molecule has 20 heavy (non-hydrogen) atoms. The van der Waals surface area contributed by atoms with Crippen LogP contribution in [-0.4, -0.2) is 60.8 Å². The van der Waals surface area contributed by atoms with Crippen molar-refractivity contribution in [2.24, 2.45) is 17.8 Å². The van der Waals surface area contributed by atoms with Gasteiger partial charge in [0.2, 0.25) is 0 Å². The average Bonchev–Trinajstić information content (AvgIpc) is 2.41. The quantitative estimate of drug-likeness (QED) is 0.858. The Balaban J connectivity index is 1.87. The molecule has 0 radical (unpaired) electrons. The Morgan fingerprint density at radius 1 is 1.20 bits per heavy atom. The minimum Gasteiger partial charge on any atom is -0.393 e. The van der Waals surface area contributed by atoms with Crippen LogP contribution >= 0.6 is 0 Å². The first-order valence-corrected chi connectivity index (χ1v) is 8.54. The number of aliphatic hydroxyl groups excluding tert-OH is 1. The predicted octanol–water partition coefficient (Wildman–Crippen LogP) is 2.45. The molecular formula is C17H34N2O. The average molecular weight is 282 g/mol. The van der Waals surface area contributed by atoms with Gasteiger partial charge in [0.05, 0.1) is 6.10 Å². The van der Waals surface area contributed by atoms with E-state index in [-0.39, 0.29) is 6.10 Å². The number of piperidine rings is 1. The first-order chi connectivity index (χ1) is 9.47. The van der Waals surface area contributed by atoms with Gasteiger partial charge in [0.15, 0.2) is 0 Å². The molecule has 0 aromatic rings. The van der Waals surface area contributed by atoms with Crippen LogP contribution in [0.2, 0.25) is 0 Å². The molecule has 3 heteroatoms. The van der Waals surface area contributed by atoms with Crippen molar-refractivity contribution in [1.82, 2.24) is 9.80 Å². The van der Waals surface area contributed by atoms with Crippen LogP contribution in [0.5, 0.6) is 0 Å². The van der Waals surface area contributed by atoms with Crippen molar-refractivity contribution in [1.29, 1.82) is 0 Å². The van der Waals surface area contributed by atoms with Crippen LogP contribution in [0.4, 0.5) is 0 Å². The fourth-order valence-corrected chi connectivity index (χ4v) is 4.04. The zero-order valence-corrected chi connectivity index (χ0v) is 13.9. The van der Waals surface area contributed by atoms with Crippen LogP contribution in [0.3, 0.4) is 0 Å². The van der Waals surface area contributed by atoms with Gasteiger partial charge >= 0.3 is 0 Å². The van der Waals surface area contributed by atoms with Gasteiger partial charge in [-0.15, -0.1) is 0 Å². The summed E-state index contributed by atoms with van der Waals surface area (Å²) < 4.78 is 0. The Morgan fingerprint density at radius 3 is 2.60 bits per heavy atom. The van der Waals surface area contributed by atoms with Crippen LogP contribution in [0.15, 0.2) is 0 Å². The third-order valence-electron chi connectivity index (χ3n) is 5.63. The van der Waals surface area contributed by atoms with Crippen molar-refractivity contribution < 1.29 is 5.11 Å². The van der Waals surface area contributed by atoms with Crippen LogP contribution in [0, 0.1) is 17.8 Å². The number of aliphatic hydroxyl groups is 1. The van der Waals surface area contributed by atoms with Crippen molar-refractivity contribution >= 4 is 0 Å². The maximum atomic E-state index is 10.3. The second-order valence-corrected chi connectivity index (χ2v) is 7.66. The van der Waals surface area contributed by atoms with Gasteiger partial charge in [-0.1, -0.05) is 13.8 Å². The lowest BCUT2D eigenvalue weighted by Crippen LogP contribution is -2.48. The molecule has 2 rings (SSSR count). The minimum atomic E-state index is -0.0651. The lowest BCUT2D eigenvalue weighted by molar-refractivity contribution is 0.00893. The largest absolute Gasteiger partial charge is 0.393 e. The van der Waals surface area contributed by atoms with E-state index in [0.717, 1.165) is 24.8 Å². The molecule has 2 fully saturated rings. The summed E-state index contributed by atoms with van der Waals surface area (Å²) in [5.41, 5.74) is 0. The molecular weight excluding hydrogens is 248 g/mol. The van der Waals surface area contributed by atoms with Crippen LogP contribution < -0.4 is 0 Å². The molecule has 1 heterocycles. The molecule has 0 spiro atoms. The zero-order valence-electron chi connectivity index (χ0n) is 13.9. The smallest absolute Gasteiger partial charge is 0.0580 e. The van der Waals surface area contributed by atoms with Crippen LogP contribution in [0.1, 0.15) is 46.0 Å². The van der Waals surface area contributed by atoms with Gasteiger partial charge in [-0.25, -0.2) is 0 Å². The number of rotatable bonds is 4. The van der Waals surface area contributed by atoms with E-state index in [9.17, 15) is 5.11 Å². The second kappa shape index (κ2) is 7.24. The van der Waals surface area contributed by atoms with Crippen molar-refractivity contribution in [3.05, 3.63) is 0 Å². The Kier molecular flexibility index (Phi) is 5.88. The van der Waals surface area contributed by atoms with E-state index >= 15 is 0 Å². The van der Waals surface area contributed by atoms with Gasteiger partial charge in [0, 0.05) is 19.1 Å². The SMILES string of the molecule is CC(C)C1CCC(O)C(CN2CCCC(N(C)C)C2)C1. The first kappa shape index (κ1) is 16.3. The highest BCUT2D eigenvalue weighted by molar-refractivity contribution is 4.86. The maximum absolute atomic E-state index is 10.3. The summed E-state index contributed by atoms with van der Waals surface area (Å²) in [5, 5.41) is 10.3. The topological polar surface area (TPSA) is 26.7 Å². The van der Waals surface area contributed by atoms with Crippen molar-refractivity contribution in [2.45, 2.75) is 58.1 Å². The zero-order chi connectivity index (χ0) is 14.7. The van der Waals surface area contributed by atoms with Gasteiger partial charge < -0.3 is 14.9 Å². The van der Waals surface area contributed by atoms with E-state index in [0.29, 0.717) is 12.0 Å². The molecule has 0 aromatic carbocycles. The van der Waals surface area contributed by atoms with Crippen LogP contribution in [-0.2, 0) is 0 Å². The number of nitrogens with zero attached hydrogens (tertiary/aromatic N) is 2. The Hall–Kier alpha value is -0.120. The molecule has 1 N–H and O–H groups in total. The molecule has 1 saturated carbocycles. The molecule has 0 aromatic heterocycles. The molecule has 1 aliphatic heterocycles. The van der Waals surface area contributed by atoms with E-state index in [1.54, 1.807) is 0 Å². The molecule has 2 aliphatic rings. The monoisotopic (exact) mass is 282 g/mol. The molecule has 1 aliphatic carbocycles. The lowest BCUT2D eigenvalue weighted by Gasteiger charge is -2.41. The van der Waals surface area contributed by atoms with E-state index in [2.05, 4.69) is 37.7 Å². The Morgan fingerprint density at radius 2 is 1.95 bits per heavy atom. The molecule has 118 valence electrons. The van der Waals surface area contributed by atoms with E-state index < -0.39 is 0 Å². The first-order valence-electron chi connectivity index (χ1n) is 8.54. The van der Waals surface area contributed by atoms with E-state index in [1.807, 2.05) is 0 Å². The summed E-state index contributed by atoms with van der Waals surface area (Å²) in [5.74, 6) is 2.08. The fourth-order valence-electron chi connectivity index (χ4n) is 4.04. The molecule has 3 nitrogen and oxygen atoms in total. The number of likely N-dealkylation sites (tertiary alicyclic amines) is 1. The predicted molar refractivity (Wildman–Crippen MR) is 84.8 cm³/mol. The molecule has 4 atom stereocenters.